The summed E-state index contributed by atoms with van der Waals surface area (Å²) >= 11 is 0. The van der Waals surface area contributed by atoms with Crippen molar-refractivity contribution in [1.29, 1.82) is 5.26 Å². The van der Waals surface area contributed by atoms with E-state index in [2.05, 4.69) is 16.5 Å². The van der Waals surface area contributed by atoms with Gasteiger partial charge in [0.25, 0.3) is 0 Å². The van der Waals surface area contributed by atoms with Gasteiger partial charge in [-0.25, -0.2) is 13.7 Å². The molecule has 1 aliphatic heterocycles. The second kappa shape index (κ2) is 7.91. The zero-order valence-corrected chi connectivity index (χ0v) is 17.6. The van der Waals surface area contributed by atoms with Crippen molar-refractivity contribution in [2.24, 2.45) is 0 Å². The molecular weight excluding hydrogens is 399 g/mol. The molecule has 160 valence electrons. The number of nitriles is 1. The standard InChI is InChI=1S/C23H23FN4O3/c1-4-30-22(29)19-13-26-28-8-5-17(11-20(19)28)27-14(2)18-10-16(24)9-15-12-23(3,6-7-25)31-21(15)18/h5,8-11,13-14,27H,4,6,12H2,1-3H3/t14-,23+/m1/s1. The molecule has 0 spiro atoms. The molecule has 0 saturated heterocycles. The van der Waals surface area contributed by atoms with Gasteiger partial charge in [-0.2, -0.15) is 10.4 Å². The molecular formula is C23H23FN4O3. The molecule has 3 heterocycles. The molecule has 1 aliphatic rings. The van der Waals surface area contributed by atoms with Gasteiger partial charge in [0.15, 0.2) is 0 Å². The zero-order valence-electron chi connectivity index (χ0n) is 17.6. The summed E-state index contributed by atoms with van der Waals surface area (Å²) in [6.07, 6.45) is 3.92. The lowest BCUT2D eigenvalue weighted by Gasteiger charge is -2.23. The van der Waals surface area contributed by atoms with E-state index in [0.29, 0.717) is 28.8 Å². The monoisotopic (exact) mass is 422 g/mol. The Morgan fingerprint density at radius 2 is 2.29 bits per heavy atom. The van der Waals surface area contributed by atoms with Gasteiger partial charge in [-0.15, -0.1) is 0 Å². The van der Waals surface area contributed by atoms with Crippen LogP contribution in [-0.4, -0.2) is 27.8 Å². The van der Waals surface area contributed by atoms with E-state index in [-0.39, 0.29) is 24.9 Å². The largest absolute Gasteiger partial charge is 0.485 e. The van der Waals surface area contributed by atoms with E-state index in [1.807, 2.05) is 19.9 Å². The fraction of sp³-hybridized carbons (Fsp3) is 0.348. The number of carbonyl (C=O) groups is 1. The first-order chi connectivity index (χ1) is 14.8. The first-order valence-corrected chi connectivity index (χ1v) is 10.1. The maximum atomic E-state index is 14.3. The quantitative estimate of drug-likeness (QED) is 0.591. The number of hydrogen-bond donors (Lipinski definition) is 1. The Bertz CT molecular complexity index is 1200. The van der Waals surface area contributed by atoms with Crippen LogP contribution in [0.25, 0.3) is 5.52 Å². The number of fused-ring (bicyclic) bond motifs is 2. The number of nitrogens with one attached hydrogen (secondary N) is 1. The van der Waals surface area contributed by atoms with Gasteiger partial charge in [0.2, 0.25) is 0 Å². The molecule has 0 bridgehead atoms. The second-order valence-corrected chi connectivity index (χ2v) is 7.94. The molecule has 2 atom stereocenters. The van der Waals surface area contributed by atoms with Crippen LogP contribution in [0.2, 0.25) is 0 Å². The Morgan fingerprint density at radius 1 is 1.48 bits per heavy atom. The minimum Gasteiger partial charge on any atom is -0.485 e. The highest BCUT2D eigenvalue weighted by atomic mass is 19.1. The maximum Gasteiger partial charge on any atom is 0.341 e. The molecule has 7 nitrogen and oxygen atoms in total. The zero-order chi connectivity index (χ0) is 22.2. The molecule has 0 aliphatic carbocycles. The average Bonchev–Trinajstić information content (AvgIpc) is 3.27. The van der Waals surface area contributed by atoms with Crippen LogP contribution in [0.3, 0.4) is 0 Å². The van der Waals surface area contributed by atoms with Crippen molar-refractivity contribution in [3.8, 4) is 11.8 Å². The van der Waals surface area contributed by atoms with Gasteiger partial charge in [-0.1, -0.05) is 0 Å². The number of rotatable bonds is 6. The predicted molar refractivity (Wildman–Crippen MR) is 113 cm³/mol. The maximum absolute atomic E-state index is 14.3. The molecule has 31 heavy (non-hydrogen) atoms. The molecule has 3 aromatic rings. The molecule has 2 aromatic heterocycles. The van der Waals surface area contributed by atoms with Gasteiger partial charge in [0, 0.05) is 29.4 Å². The third-order valence-electron chi connectivity index (χ3n) is 5.39. The Labute approximate surface area is 179 Å². The second-order valence-electron chi connectivity index (χ2n) is 7.94. The Balaban J connectivity index is 1.63. The van der Waals surface area contributed by atoms with Gasteiger partial charge in [0.1, 0.15) is 22.7 Å². The molecule has 0 radical (unpaired) electrons. The summed E-state index contributed by atoms with van der Waals surface area (Å²) in [5.41, 5.74) is 2.50. The van der Waals surface area contributed by atoms with Gasteiger partial charge in [0.05, 0.1) is 36.9 Å². The number of nitrogens with zero attached hydrogens (tertiary/aromatic N) is 3. The fourth-order valence-electron chi connectivity index (χ4n) is 3.97. The SMILES string of the molecule is CCOC(=O)c1cnn2ccc(N[C@H](C)c3cc(F)cc4c3O[C@@](C)(CC#N)C4)cc12. The van der Waals surface area contributed by atoms with Crippen LogP contribution in [-0.2, 0) is 11.2 Å². The number of anilines is 1. The third kappa shape index (κ3) is 3.91. The molecule has 4 rings (SSSR count). The molecule has 8 heteroatoms. The summed E-state index contributed by atoms with van der Waals surface area (Å²) < 4.78 is 27.1. The van der Waals surface area contributed by atoms with Crippen LogP contribution >= 0.6 is 0 Å². The van der Waals surface area contributed by atoms with Crippen LogP contribution in [0.4, 0.5) is 10.1 Å². The molecule has 0 saturated carbocycles. The number of benzene rings is 1. The van der Waals surface area contributed by atoms with Crippen molar-refractivity contribution in [3.63, 3.8) is 0 Å². The van der Waals surface area contributed by atoms with E-state index in [1.165, 1.54) is 18.3 Å². The molecule has 0 unspecified atom stereocenters. The Hall–Kier alpha value is -3.60. The smallest absolute Gasteiger partial charge is 0.341 e. The van der Waals surface area contributed by atoms with E-state index >= 15 is 0 Å². The normalized spacial score (nSPS) is 18.2. The van der Waals surface area contributed by atoms with Gasteiger partial charge in [-0.3, -0.25) is 0 Å². The van der Waals surface area contributed by atoms with E-state index in [4.69, 9.17) is 14.7 Å². The number of aromatic nitrogens is 2. The highest BCUT2D eigenvalue weighted by molar-refractivity contribution is 5.97. The van der Waals surface area contributed by atoms with Crippen LogP contribution in [0.15, 0.2) is 36.7 Å². The lowest BCUT2D eigenvalue weighted by molar-refractivity contribution is 0.0528. The van der Waals surface area contributed by atoms with E-state index in [9.17, 15) is 9.18 Å². The van der Waals surface area contributed by atoms with E-state index < -0.39 is 11.6 Å². The number of ether oxygens (including phenoxy) is 2. The summed E-state index contributed by atoms with van der Waals surface area (Å²) in [5.74, 6) is -0.157. The van der Waals surface area contributed by atoms with Crippen molar-refractivity contribution in [2.75, 3.05) is 11.9 Å². The number of hydrogen-bond acceptors (Lipinski definition) is 6. The third-order valence-corrected chi connectivity index (χ3v) is 5.39. The van der Waals surface area contributed by atoms with Crippen molar-refractivity contribution < 1.29 is 18.7 Å². The first kappa shape index (κ1) is 20.7. The Morgan fingerprint density at radius 3 is 3.03 bits per heavy atom. The van der Waals surface area contributed by atoms with Gasteiger partial charge >= 0.3 is 5.97 Å². The number of carbonyl (C=O) groups excluding carboxylic acids is 1. The highest BCUT2D eigenvalue weighted by Gasteiger charge is 2.37. The Kier molecular flexibility index (Phi) is 5.27. The van der Waals surface area contributed by atoms with Gasteiger partial charge < -0.3 is 14.8 Å². The molecule has 1 aromatic carbocycles. The lowest BCUT2D eigenvalue weighted by atomic mass is 9.95. The van der Waals surface area contributed by atoms with E-state index in [1.54, 1.807) is 23.7 Å². The summed E-state index contributed by atoms with van der Waals surface area (Å²) in [6.45, 7) is 5.80. The number of pyridine rings is 1. The van der Waals surface area contributed by atoms with Crippen LogP contribution in [0.5, 0.6) is 5.75 Å². The molecule has 1 N–H and O–H groups in total. The lowest BCUT2D eigenvalue weighted by Crippen LogP contribution is -2.29. The van der Waals surface area contributed by atoms with Crippen molar-refractivity contribution in [1.82, 2.24) is 9.61 Å². The molecule has 0 amide bonds. The van der Waals surface area contributed by atoms with Crippen LogP contribution in [0, 0.1) is 17.1 Å². The minimum atomic E-state index is -0.662. The minimum absolute atomic E-state index is 0.221. The van der Waals surface area contributed by atoms with Crippen LogP contribution in [0.1, 0.15) is 54.7 Å². The summed E-state index contributed by atoms with van der Waals surface area (Å²) in [5, 5.41) is 16.6. The summed E-state index contributed by atoms with van der Waals surface area (Å²) in [7, 11) is 0. The van der Waals surface area contributed by atoms with Crippen molar-refractivity contribution in [3.05, 3.63) is 59.2 Å². The predicted octanol–water partition coefficient (Wildman–Crippen LogP) is 4.43. The summed E-state index contributed by atoms with van der Waals surface area (Å²) in [4.78, 5) is 12.2. The fourth-order valence-corrected chi connectivity index (χ4v) is 3.97. The van der Waals surface area contributed by atoms with Crippen molar-refractivity contribution in [2.45, 2.75) is 45.3 Å². The topological polar surface area (TPSA) is 88.7 Å². The first-order valence-electron chi connectivity index (χ1n) is 10.1. The average molecular weight is 422 g/mol. The highest BCUT2D eigenvalue weighted by Crippen LogP contribution is 2.42. The summed E-state index contributed by atoms with van der Waals surface area (Å²) in [6, 6.07) is 8.41. The van der Waals surface area contributed by atoms with E-state index in [0.717, 1.165) is 11.3 Å². The molecule has 0 fully saturated rings. The number of halogens is 1. The van der Waals surface area contributed by atoms with Crippen LogP contribution < -0.4 is 10.1 Å². The van der Waals surface area contributed by atoms with Crippen molar-refractivity contribution >= 4 is 17.2 Å². The van der Waals surface area contributed by atoms with Gasteiger partial charge in [-0.05, 0) is 45.0 Å². The number of esters is 1.